The lowest BCUT2D eigenvalue weighted by atomic mass is 10.0. The fourth-order valence-corrected chi connectivity index (χ4v) is 4.79. The van der Waals surface area contributed by atoms with E-state index in [9.17, 15) is 0 Å². The molecule has 2 unspecified atom stereocenters. The van der Waals surface area contributed by atoms with Gasteiger partial charge in [0, 0.05) is 34.5 Å². The van der Waals surface area contributed by atoms with E-state index in [0.717, 1.165) is 48.8 Å². The fraction of sp³-hybridized carbons (Fsp3) is 0.423. The van der Waals surface area contributed by atoms with Crippen LogP contribution in [0.5, 0.6) is 5.75 Å². The number of thioether (sulfide) groups is 1. The molecule has 0 bridgehead atoms. The molecule has 176 valence electrons. The largest absolute Gasteiger partial charge is 0.494 e. The molecule has 2 atom stereocenters. The van der Waals surface area contributed by atoms with Gasteiger partial charge in [-0.2, -0.15) is 0 Å². The average Bonchev–Trinajstić information content (AvgIpc) is 3.49. The first kappa shape index (κ1) is 24.1. The molecular formula is C26H31ClN2O3S. The molecule has 1 aliphatic rings. The summed E-state index contributed by atoms with van der Waals surface area (Å²) in [5.41, 5.74) is 1.24. The molecule has 0 aliphatic carbocycles. The SMILES string of the molecule is CCCCOc1ccc(CCC2(Cn3ccnc3)OCC(CSc3ccc(Cl)cc3)O2)cc1. The van der Waals surface area contributed by atoms with E-state index in [-0.39, 0.29) is 6.10 Å². The van der Waals surface area contributed by atoms with Crippen molar-refractivity contribution >= 4 is 23.4 Å². The van der Waals surface area contributed by atoms with E-state index in [1.165, 1.54) is 10.5 Å². The van der Waals surface area contributed by atoms with Gasteiger partial charge in [0.1, 0.15) is 5.75 Å². The number of halogens is 1. The van der Waals surface area contributed by atoms with Gasteiger partial charge in [0.05, 0.1) is 32.2 Å². The molecule has 2 heterocycles. The summed E-state index contributed by atoms with van der Waals surface area (Å²) in [5, 5.41) is 0.750. The minimum atomic E-state index is -0.664. The van der Waals surface area contributed by atoms with Crippen LogP contribution in [0, 0.1) is 0 Å². The normalized spacial score (nSPS) is 20.2. The number of imidazole rings is 1. The number of nitrogens with zero attached hydrogens (tertiary/aromatic N) is 2. The van der Waals surface area contributed by atoms with Gasteiger partial charge in [-0.05, 0) is 54.8 Å². The number of unbranched alkanes of at least 4 members (excludes halogenated alkanes) is 1. The second-order valence-electron chi connectivity index (χ2n) is 8.31. The van der Waals surface area contributed by atoms with E-state index in [0.29, 0.717) is 13.2 Å². The lowest BCUT2D eigenvalue weighted by Gasteiger charge is -2.28. The molecule has 0 radical (unpaired) electrons. The van der Waals surface area contributed by atoms with Crippen molar-refractivity contribution in [3.8, 4) is 5.75 Å². The van der Waals surface area contributed by atoms with Crippen LogP contribution in [0.3, 0.4) is 0 Å². The first-order chi connectivity index (χ1) is 16.1. The summed E-state index contributed by atoms with van der Waals surface area (Å²) in [6.45, 7) is 4.13. The molecule has 0 N–H and O–H groups in total. The van der Waals surface area contributed by atoms with Crippen LogP contribution in [0.2, 0.25) is 5.02 Å². The second kappa shape index (κ2) is 11.9. The van der Waals surface area contributed by atoms with Gasteiger partial charge < -0.3 is 18.8 Å². The molecule has 0 saturated carbocycles. The first-order valence-electron chi connectivity index (χ1n) is 11.5. The molecule has 4 rings (SSSR count). The Morgan fingerprint density at radius 3 is 2.73 bits per heavy atom. The zero-order chi connectivity index (χ0) is 22.9. The number of hydrogen-bond acceptors (Lipinski definition) is 5. The van der Waals surface area contributed by atoms with Crippen LogP contribution in [0.4, 0.5) is 0 Å². The molecule has 5 nitrogen and oxygen atoms in total. The molecule has 1 fully saturated rings. The Kier molecular flexibility index (Phi) is 8.73. The number of aromatic nitrogens is 2. The maximum absolute atomic E-state index is 6.54. The highest BCUT2D eigenvalue weighted by molar-refractivity contribution is 7.99. The lowest BCUT2D eigenvalue weighted by Crippen LogP contribution is -2.37. The Labute approximate surface area is 205 Å². The average molecular weight is 487 g/mol. The zero-order valence-electron chi connectivity index (χ0n) is 19.0. The molecule has 33 heavy (non-hydrogen) atoms. The Morgan fingerprint density at radius 1 is 1.18 bits per heavy atom. The van der Waals surface area contributed by atoms with E-state index < -0.39 is 5.79 Å². The summed E-state index contributed by atoms with van der Waals surface area (Å²) in [6, 6.07) is 16.3. The Morgan fingerprint density at radius 2 is 2.00 bits per heavy atom. The highest BCUT2D eigenvalue weighted by Crippen LogP contribution is 2.33. The van der Waals surface area contributed by atoms with Gasteiger partial charge in [0.2, 0.25) is 0 Å². The second-order valence-corrected chi connectivity index (χ2v) is 9.84. The molecule has 1 aromatic heterocycles. The minimum absolute atomic E-state index is 0.0311. The van der Waals surface area contributed by atoms with Gasteiger partial charge >= 0.3 is 0 Å². The third-order valence-electron chi connectivity index (χ3n) is 5.63. The van der Waals surface area contributed by atoms with Crippen molar-refractivity contribution in [1.82, 2.24) is 9.55 Å². The smallest absolute Gasteiger partial charge is 0.187 e. The van der Waals surface area contributed by atoms with Crippen molar-refractivity contribution in [1.29, 1.82) is 0 Å². The van der Waals surface area contributed by atoms with Crippen LogP contribution in [-0.2, 0) is 22.4 Å². The molecule has 1 aliphatic heterocycles. The summed E-state index contributed by atoms with van der Waals surface area (Å²) in [4.78, 5) is 5.36. The third kappa shape index (κ3) is 7.24. The van der Waals surface area contributed by atoms with Gasteiger partial charge in [-0.3, -0.25) is 0 Å². The standard InChI is InChI=1S/C26H31ClN2O3S/c1-2-3-16-30-23-8-4-21(5-9-23)12-13-26(19-29-15-14-28-20-29)31-17-24(32-26)18-33-25-10-6-22(27)7-11-25/h4-11,14-15,20,24H,2-3,12-13,16-19H2,1H3. The van der Waals surface area contributed by atoms with Crippen molar-refractivity contribution in [2.45, 2.75) is 55.9 Å². The Balaban J connectivity index is 1.35. The van der Waals surface area contributed by atoms with Crippen molar-refractivity contribution in [3.63, 3.8) is 0 Å². The fourth-order valence-electron chi connectivity index (χ4n) is 3.79. The zero-order valence-corrected chi connectivity index (χ0v) is 20.6. The molecule has 0 spiro atoms. The van der Waals surface area contributed by atoms with E-state index in [4.69, 9.17) is 25.8 Å². The molecule has 2 aromatic carbocycles. The minimum Gasteiger partial charge on any atom is -0.494 e. The van der Waals surface area contributed by atoms with Crippen LogP contribution < -0.4 is 4.74 Å². The number of ether oxygens (including phenoxy) is 3. The van der Waals surface area contributed by atoms with Crippen LogP contribution in [0.15, 0.2) is 72.1 Å². The van der Waals surface area contributed by atoms with Crippen LogP contribution in [0.1, 0.15) is 31.7 Å². The predicted molar refractivity (Wildman–Crippen MR) is 133 cm³/mol. The van der Waals surface area contributed by atoms with Gasteiger partial charge in [0.25, 0.3) is 0 Å². The highest BCUT2D eigenvalue weighted by Gasteiger charge is 2.41. The van der Waals surface area contributed by atoms with E-state index in [2.05, 4.69) is 36.2 Å². The van der Waals surface area contributed by atoms with Crippen molar-refractivity contribution < 1.29 is 14.2 Å². The molecular weight excluding hydrogens is 456 g/mol. The van der Waals surface area contributed by atoms with Gasteiger partial charge in [-0.15, -0.1) is 11.8 Å². The van der Waals surface area contributed by atoms with E-state index >= 15 is 0 Å². The number of benzene rings is 2. The first-order valence-corrected chi connectivity index (χ1v) is 12.9. The highest BCUT2D eigenvalue weighted by atomic mass is 35.5. The summed E-state index contributed by atoms with van der Waals surface area (Å²) in [5.74, 6) is 1.09. The van der Waals surface area contributed by atoms with Gasteiger partial charge in [-0.1, -0.05) is 37.1 Å². The summed E-state index contributed by atoms with van der Waals surface area (Å²) < 4.78 is 20.7. The topological polar surface area (TPSA) is 45.5 Å². The van der Waals surface area contributed by atoms with E-state index in [1.54, 1.807) is 18.0 Å². The maximum Gasteiger partial charge on any atom is 0.187 e. The van der Waals surface area contributed by atoms with Gasteiger partial charge in [0.15, 0.2) is 5.79 Å². The quantitative estimate of drug-likeness (QED) is 0.223. The van der Waals surface area contributed by atoms with Crippen LogP contribution >= 0.6 is 23.4 Å². The summed E-state index contributed by atoms with van der Waals surface area (Å²) >= 11 is 7.76. The van der Waals surface area contributed by atoms with Crippen LogP contribution in [0.25, 0.3) is 0 Å². The van der Waals surface area contributed by atoms with Crippen molar-refractivity contribution in [2.75, 3.05) is 19.0 Å². The predicted octanol–water partition coefficient (Wildman–Crippen LogP) is 6.25. The number of hydrogen-bond donors (Lipinski definition) is 0. The van der Waals surface area contributed by atoms with E-state index in [1.807, 2.05) is 41.4 Å². The summed E-state index contributed by atoms with van der Waals surface area (Å²) in [6.07, 6.45) is 9.42. The lowest BCUT2D eigenvalue weighted by molar-refractivity contribution is -0.180. The molecule has 7 heteroatoms. The van der Waals surface area contributed by atoms with Crippen LogP contribution in [-0.4, -0.2) is 40.4 Å². The maximum atomic E-state index is 6.54. The summed E-state index contributed by atoms with van der Waals surface area (Å²) in [7, 11) is 0. The molecule has 0 amide bonds. The molecule has 1 saturated heterocycles. The van der Waals surface area contributed by atoms with Crippen molar-refractivity contribution in [2.24, 2.45) is 0 Å². The molecule has 3 aromatic rings. The Hall–Kier alpha value is -1.99. The Bertz CT molecular complexity index is 966. The van der Waals surface area contributed by atoms with Gasteiger partial charge in [-0.25, -0.2) is 4.98 Å². The number of aryl methyl sites for hydroxylation is 1. The third-order valence-corrected chi connectivity index (χ3v) is 7.03. The monoisotopic (exact) mass is 486 g/mol. The number of rotatable bonds is 12. The van der Waals surface area contributed by atoms with Crippen molar-refractivity contribution in [3.05, 3.63) is 77.8 Å².